The zero-order chi connectivity index (χ0) is 34.3. The van der Waals surface area contributed by atoms with Gasteiger partial charge >= 0.3 is 6.03 Å². The Hall–Kier alpha value is -5.76. The van der Waals surface area contributed by atoms with E-state index in [2.05, 4.69) is 72.2 Å². The highest BCUT2D eigenvalue weighted by atomic mass is 16.5. The fourth-order valence-corrected chi connectivity index (χ4v) is 5.94. The van der Waals surface area contributed by atoms with Gasteiger partial charge in [0.15, 0.2) is 0 Å². The maximum Gasteiger partial charge on any atom is 0.326 e. The first-order valence-electron chi connectivity index (χ1n) is 16.7. The maximum absolute atomic E-state index is 14.4. The molecule has 8 heteroatoms. The summed E-state index contributed by atoms with van der Waals surface area (Å²) in [4.78, 5) is 40.6. The van der Waals surface area contributed by atoms with Crippen LogP contribution in [0.1, 0.15) is 61.8 Å². The topological polar surface area (TPSA) is 100 Å². The monoisotopic (exact) mass is 651 g/mol. The Morgan fingerprint density at radius 3 is 2.24 bits per heavy atom. The summed E-state index contributed by atoms with van der Waals surface area (Å²) >= 11 is 0. The molecule has 2 amide bonds. The second-order valence-electron chi connectivity index (χ2n) is 12.8. The average molecular weight is 652 g/mol. The fraction of sp³-hybridized carbons (Fsp3) is 0.220. The number of pyridine rings is 3. The Bertz CT molecular complexity index is 2080. The SMILES string of the molecule is CC(C)c1cc(-c2cccc(OCc3ccncc3)c2)cc(C(C)C)c1NC(=O)N(CCc1ccccc1)c1cc2cccnc2[nH]c1=O. The summed E-state index contributed by atoms with van der Waals surface area (Å²) in [5, 5.41) is 4.02. The van der Waals surface area contributed by atoms with Crippen molar-refractivity contribution in [1.29, 1.82) is 0 Å². The lowest BCUT2D eigenvalue weighted by molar-refractivity contribution is 0.257. The summed E-state index contributed by atoms with van der Waals surface area (Å²) in [6.45, 7) is 9.26. The minimum atomic E-state index is -0.371. The van der Waals surface area contributed by atoms with Crippen LogP contribution >= 0.6 is 0 Å². The lowest BCUT2D eigenvalue weighted by Gasteiger charge is -2.27. The molecular weight excluding hydrogens is 610 g/mol. The third kappa shape index (κ3) is 7.87. The van der Waals surface area contributed by atoms with E-state index in [0.29, 0.717) is 25.2 Å². The average Bonchev–Trinajstić information content (AvgIpc) is 3.11. The highest BCUT2D eigenvalue weighted by molar-refractivity contribution is 6.03. The smallest absolute Gasteiger partial charge is 0.326 e. The van der Waals surface area contributed by atoms with Gasteiger partial charge in [0.2, 0.25) is 0 Å². The molecule has 3 heterocycles. The molecule has 0 aliphatic rings. The molecule has 3 aromatic heterocycles. The molecule has 6 aromatic rings. The van der Waals surface area contributed by atoms with Crippen molar-refractivity contribution < 1.29 is 9.53 Å². The van der Waals surface area contributed by atoms with E-state index in [9.17, 15) is 9.59 Å². The number of hydrogen-bond donors (Lipinski definition) is 2. The van der Waals surface area contributed by atoms with Gasteiger partial charge in [0.05, 0.1) is 0 Å². The summed E-state index contributed by atoms with van der Waals surface area (Å²) in [5.74, 6) is 0.979. The van der Waals surface area contributed by atoms with Crippen LogP contribution in [-0.2, 0) is 13.0 Å². The molecule has 3 aromatic carbocycles. The van der Waals surface area contributed by atoms with Gasteiger partial charge < -0.3 is 15.0 Å². The van der Waals surface area contributed by atoms with Gasteiger partial charge in [0, 0.05) is 36.2 Å². The van der Waals surface area contributed by atoms with Gasteiger partial charge in [-0.15, -0.1) is 0 Å². The molecule has 0 aliphatic heterocycles. The highest BCUT2D eigenvalue weighted by Crippen LogP contribution is 2.38. The summed E-state index contributed by atoms with van der Waals surface area (Å²) in [6, 6.07) is 31.3. The predicted octanol–water partition coefficient (Wildman–Crippen LogP) is 9.09. The summed E-state index contributed by atoms with van der Waals surface area (Å²) in [6.07, 6.45) is 5.73. The van der Waals surface area contributed by atoms with Crippen molar-refractivity contribution in [2.45, 2.75) is 52.6 Å². The molecule has 0 saturated heterocycles. The molecule has 0 fully saturated rings. The quantitative estimate of drug-likeness (QED) is 0.146. The van der Waals surface area contributed by atoms with E-state index in [1.54, 1.807) is 29.6 Å². The number of carbonyl (C=O) groups is 1. The van der Waals surface area contributed by atoms with Crippen molar-refractivity contribution >= 4 is 28.4 Å². The normalized spacial score (nSPS) is 11.2. The largest absolute Gasteiger partial charge is 0.489 e. The third-order valence-electron chi connectivity index (χ3n) is 8.60. The number of fused-ring (bicyclic) bond motifs is 1. The number of H-pyrrole nitrogens is 1. The third-order valence-corrected chi connectivity index (χ3v) is 8.60. The number of nitrogens with zero attached hydrogens (tertiary/aromatic N) is 3. The molecule has 0 radical (unpaired) electrons. The van der Waals surface area contributed by atoms with Gasteiger partial charge in [-0.05, 0) is 106 Å². The predicted molar refractivity (Wildman–Crippen MR) is 197 cm³/mol. The Morgan fingerprint density at radius 2 is 1.53 bits per heavy atom. The van der Waals surface area contributed by atoms with E-state index >= 15 is 0 Å². The highest BCUT2D eigenvalue weighted by Gasteiger charge is 2.24. The van der Waals surface area contributed by atoms with Crippen molar-refractivity contribution in [3.63, 3.8) is 0 Å². The number of rotatable bonds is 11. The van der Waals surface area contributed by atoms with E-state index in [4.69, 9.17) is 4.74 Å². The van der Waals surface area contributed by atoms with Gasteiger partial charge in [-0.2, -0.15) is 0 Å². The van der Waals surface area contributed by atoms with Crippen LogP contribution < -0.4 is 20.5 Å². The molecule has 49 heavy (non-hydrogen) atoms. The summed E-state index contributed by atoms with van der Waals surface area (Å²) < 4.78 is 6.12. The van der Waals surface area contributed by atoms with Crippen molar-refractivity contribution in [1.82, 2.24) is 15.0 Å². The van der Waals surface area contributed by atoms with Crippen LogP contribution in [0.15, 0.2) is 120 Å². The van der Waals surface area contributed by atoms with Crippen LogP contribution in [0, 0.1) is 0 Å². The van der Waals surface area contributed by atoms with Crippen molar-refractivity contribution in [3.8, 4) is 16.9 Å². The zero-order valence-electron chi connectivity index (χ0n) is 28.3. The number of aromatic nitrogens is 3. The Labute approximate surface area is 286 Å². The van der Waals surface area contributed by atoms with Crippen LogP contribution in [0.3, 0.4) is 0 Å². The number of nitrogens with one attached hydrogen (secondary N) is 2. The first kappa shape index (κ1) is 33.2. The zero-order valence-corrected chi connectivity index (χ0v) is 28.3. The molecule has 0 saturated carbocycles. The summed E-state index contributed by atoms with van der Waals surface area (Å²) in [7, 11) is 0. The van der Waals surface area contributed by atoms with E-state index < -0.39 is 0 Å². The molecule has 0 aliphatic carbocycles. The second-order valence-corrected chi connectivity index (χ2v) is 12.8. The fourth-order valence-electron chi connectivity index (χ4n) is 5.94. The number of ether oxygens (including phenoxy) is 1. The van der Waals surface area contributed by atoms with Crippen LogP contribution in [0.4, 0.5) is 16.2 Å². The summed E-state index contributed by atoms with van der Waals surface area (Å²) in [5.41, 5.74) is 7.35. The van der Waals surface area contributed by atoms with Gasteiger partial charge in [-0.1, -0.05) is 70.2 Å². The van der Waals surface area contributed by atoms with Crippen molar-refractivity contribution in [2.75, 3.05) is 16.8 Å². The Morgan fingerprint density at radius 1 is 0.796 bits per heavy atom. The van der Waals surface area contributed by atoms with Crippen LogP contribution in [0.5, 0.6) is 5.75 Å². The molecule has 0 atom stereocenters. The second kappa shape index (κ2) is 15.0. The number of aromatic amines is 1. The minimum absolute atomic E-state index is 0.104. The molecule has 2 N–H and O–H groups in total. The first-order valence-corrected chi connectivity index (χ1v) is 16.7. The lowest BCUT2D eigenvalue weighted by Crippen LogP contribution is -2.40. The number of carbonyl (C=O) groups excluding carboxylic acids is 1. The molecule has 0 bridgehead atoms. The molecule has 8 nitrogen and oxygen atoms in total. The van der Waals surface area contributed by atoms with E-state index in [0.717, 1.165) is 50.2 Å². The Kier molecular flexibility index (Phi) is 10.1. The molecule has 0 unspecified atom stereocenters. The molecular formula is C41H41N5O3. The Balaban J connectivity index is 1.35. The number of hydrogen-bond acceptors (Lipinski definition) is 5. The van der Waals surface area contributed by atoms with Crippen molar-refractivity contribution in [2.24, 2.45) is 0 Å². The van der Waals surface area contributed by atoms with Crippen LogP contribution in [0.2, 0.25) is 0 Å². The molecule has 0 spiro atoms. The van der Waals surface area contributed by atoms with Gasteiger partial charge in [-0.25, -0.2) is 9.78 Å². The lowest BCUT2D eigenvalue weighted by atomic mass is 9.88. The van der Waals surface area contributed by atoms with Crippen LogP contribution in [0.25, 0.3) is 22.2 Å². The van der Waals surface area contributed by atoms with E-state index in [-0.39, 0.29) is 29.1 Å². The van der Waals surface area contributed by atoms with Crippen molar-refractivity contribution in [3.05, 3.63) is 148 Å². The number of anilines is 2. The molecule has 248 valence electrons. The van der Waals surface area contributed by atoms with Gasteiger partial charge in [0.1, 0.15) is 23.7 Å². The standard InChI is InChI=1S/C41H41N5O3/c1-27(2)35-23-33(31-12-8-14-34(22-31)49-26-30-15-19-42-20-16-30)24-36(28(3)4)38(35)44-41(48)46(21-17-29-10-6-5-7-11-29)37-25-32-13-9-18-43-39(32)45-40(37)47/h5-16,18-20,22-25,27-28H,17,21,26H2,1-4H3,(H,44,48)(H,43,45,47). The van der Waals surface area contributed by atoms with E-state index in [1.165, 1.54) is 0 Å². The minimum Gasteiger partial charge on any atom is -0.489 e. The number of amides is 2. The van der Waals surface area contributed by atoms with E-state index in [1.807, 2.05) is 66.7 Å². The number of benzene rings is 3. The first-order chi connectivity index (χ1) is 23.8. The molecule has 6 rings (SSSR count). The number of urea groups is 1. The van der Waals surface area contributed by atoms with Crippen LogP contribution in [-0.4, -0.2) is 27.5 Å². The maximum atomic E-state index is 14.4. The van der Waals surface area contributed by atoms with Gasteiger partial charge in [0.25, 0.3) is 5.56 Å². The van der Waals surface area contributed by atoms with Gasteiger partial charge in [-0.3, -0.25) is 14.7 Å².